The average Bonchev–Trinajstić information content (AvgIpc) is 2.88. The molecule has 4 nitrogen and oxygen atoms in total. The van der Waals surface area contributed by atoms with Crippen LogP contribution in [0.2, 0.25) is 0 Å². The van der Waals surface area contributed by atoms with Crippen molar-refractivity contribution in [2.24, 2.45) is 5.92 Å². The SMILES string of the molecule is COC(=O)[C@H]1CC(=O)N(c2ccc3ccccc3c2)C1. The Balaban J connectivity index is 1.91. The van der Waals surface area contributed by atoms with E-state index in [4.69, 9.17) is 4.74 Å². The second-order valence-electron chi connectivity index (χ2n) is 4.96. The lowest BCUT2D eigenvalue weighted by Crippen LogP contribution is -2.26. The molecule has 4 heteroatoms. The number of benzene rings is 2. The molecule has 0 bridgehead atoms. The smallest absolute Gasteiger partial charge is 0.311 e. The molecule has 0 aliphatic carbocycles. The van der Waals surface area contributed by atoms with Gasteiger partial charge in [0.2, 0.25) is 5.91 Å². The van der Waals surface area contributed by atoms with E-state index in [1.54, 1.807) is 4.90 Å². The number of rotatable bonds is 2. The van der Waals surface area contributed by atoms with Gasteiger partial charge in [-0.05, 0) is 22.9 Å². The number of esters is 1. The van der Waals surface area contributed by atoms with Crippen molar-refractivity contribution in [1.29, 1.82) is 0 Å². The third kappa shape index (κ3) is 2.13. The fraction of sp³-hybridized carbons (Fsp3) is 0.250. The fourth-order valence-corrected chi connectivity index (χ4v) is 2.63. The van der Waals surface area contributed by atoms with Gasteiger partial charge in [0.1, 0.15) is 0 Å². The molecule has 0 saturated carbocycles. The minimum atomic E-state index is -0.362. The predicted octanol–water partition coefficient (Wildman–Crippen LogP) is 2.37. The molecule has 1 atom stereocenters. The van der Waals surface area contributed by atoms with Crippen LogP contribution in [-0.2, 0) is 14.3 Å². The molecule has 0 spiro atoms. The second-order valence-corrected chi connectivity index (χ2v) is 4.96. The zero-order valence-corrected chi connectivity index (χ0v) is 11.2. The van der Waals surface area contributed by atoms with Crippen LogP contribution in [0.15, 0.2) is 42.5 Å². The van der Waals surface area contributed by atoms with Crippen molar-refractivity contribution in [2.45, 2.75) is 6.42 Å². The lowest BCUT2D eigenvalue weighted by molar-refractivity contribution is -0.145. The second kappa shape index (κ2) is 4.96. The topological polar surface area (TPSA) is 46.6 Å². The van der Waals surface area contributed by atoms with Crippen LogP contribution in [-0.4, -0.2) is 25.5 Å². The summed E-state index contributed by atoms with van der Waals surface area (Å²) < 4.78 is 4.72. The predicted molar refractivity (Wildman–Crippen MR) is 76.4 cm³/mol. The van der Waals surface area contributed by atoms with E-state index in [9.17, 15) is 9.59 Å². The highest BCUT2D eigenvalue weighted by Gasteiger charge is 2.35. The molecule has 0 unspecified atom stereocenters. The first-order valence-corrected chi connectivity index (χ1v) is 6.56. The van der Waals surface area contributed by atoms with Gasteiger partial charge in [-0.2, -0.15) is 0 Å². The Hall–Kier alpha value is -2.36. The van der Waals surface area contributed by atoms with E-state index < -0.39 is 0 Å². The number of methoxy groups -OCH3 is 1. The van der Waals surface area contributed by atoms with Crippen LogP contribution in [0.3, 0.4) is 0 Å². The van der Waals surface area contributed by atoms with Crippen LogP contribution in [0, 0.1) is 5.92 Å². The van der Waals surface area contributed by atoms with Gasteiger partial charge in [0, 0.05) is 18.7 Å². The summed E-state index contributed by atoms with van der Waals surface area (Å²) in [6.45, 7) is 0.393. The summed E-state index contributed by atoms with van der Waals surface area (Å²) in [5.74, 6) is -0.712. The van der Waals surface area contributed by atoms with E-state index in [1.165, 1.54) is 7.11 Å². The Kier molecular flexibility index (Phi) is 3.14. The molecule has 1 amide bonds. The van der Waals surface area contributed by atoms with Crippen LogP contribution >= 0.6 is 0 Å². The van der Waals surface area contributed by atoms with E-state index in [0.29, 0.717) is 6.54 Å². The molecular formula is C16H15NO3. The van der Waals surface area contributed by atoms with Crippen LogP contribution < -0.4 is 4.90 Å². The first kappa shape index (κ1) is 12.7. The quantitative estimate of drug-likeness (QED) is 0.786. The van der Waals surface area contributed by atoms with Crippen LogP contribution in [0.5, 0.6) is 0 Å². The summed E-state index contributed by atoms with van der Waals surface area (Å²) in [4.78, 5) is 25.3. The molecule has 1 fully saturated rings. The van der Waals surface area contributed by atoms with Gasteiger partial charge in [-0.1, -0.05) is 30.3 Å². The van der Waals surface area contributed by atoms with Gasteiger partial charge in [0.05, 0.1) is 13.0 Å². The van der Waals surface area contributed by atoms with Crippen molar-refractivity contribution in [3.8, 4) is 0 Å². The van der Waals surface area contributed by atoms with E-state index in [1.807, 2.05) is 42.5 Å². The number of anilines is 1. The molecule has 1 aliphatic heterocycles. The van der Waals surface area contributed by atoms with Crippen molar-refractivity contribution >= 4 is 28.3 Å². The Morgan fingerprint density at radius 3 is 2.70 bits per heavy atom. The van der Waals surface area contributed by atoms with E-state index in [0.717, 1.165) is 16.5 Å². The first-order valence-electron chi connectivity index (χ1n) is 6.56. The lowest BCUT2D eigenvalue weighted by Gasteiger charge is -2.17. The van der Waals surface area contributed by atoms with Crippen LogP contribution in [0.1, 0.15) is 6.42 Å². The average molecular weight is 269 g/mol. The van der Waals surface area contributed by atoms with Crippen molar-refractivity contribution < 1.29 is 14.3 Å². The standard InChI is InChI=1S/C16H15NO3/c1-20-16(19)13-9-15(18)17(10-13)14-7-6-11-4-2-3-5-12(11)8-14/h2-8,13H,9-10H2,1H3/t13-/m0/s1. The van der Waals surface area contributed by atoms with Crippen molar-refractivity contribution in [3.63, 3.8) is 0 Å². The highest BCUT2D eigenvalue weighted by atomic mass is 16.5. The van der Waals surface area contributed by atoms with E-state index in [-0.39, 0.29) is 24.2 Å². The molecule has 1 saturated heterocycles. The minimum absolute atomic E-state index is 0.0318. The Morgan fingerprint density at radius 2 is 1.95 bits per heavy atom. The van der Waals surface area contributed by atoms with Crippen molar-refractivity contribution in [3.05, 3.63) is 42.5 Å². The Bertz CT molecular complexity index is 680. The molecule has 1 aliphatic rings. The Morgan fingerprint density at radius 1 is 1.20 bits per heavy atom. The summed E-state index contributed by atoms with van der Waals surface area (Å²) in [5.41, 5.74) is 0.833. The molecular weight excluding hydrogens is 254 g/mol. The number of ether oxygens (including phenoxy) is 1. The molecule has 102 valence electrons. The van der Waals surface area contributed by atoms with Crippen molar-refractivity contribution in [2.75, 3.05) is 18.6 Å². The zero-order chi connectivity index (χ0) is 14.1. The summed E-state index contributed by atoms with van der Waals surface area (Å²) >= 11 is 0. The summed E-state index contributed by atoms with van der Waals surface area (Å²) in [6.07, 6.45) is 0.222. The van der Waals surface area contributed by atoms with Crippen LogP contribution in [0.4, 0.5) is 5.69 Å². The number of nitrogens with zero attached hydrogens (tertiary/aromatic N) is 1. The zero-order valence-electron chi connectivity index (χ0n) is 11.2. The first-order chi connectivity index (χ1) is 9.69. The molecule has 2 aromatic rings. The van der Waals surface area contributed by atoms with Gasteiger partial charge in [0.25, 0.3) is 0 Å². The normalized spacial score (nSPS) is 18.6. The fourth-order valence-electron chi connectivity index (χ4n) is 2.63. The Labute approximate surface area is 116 Å². The minimum Gasteiger partial charge on any atom is -0.469 e. The number of hydrogen-bond donors (Lipinski definition) is 0. The molecule has 20 heavy (non-hydrogen) atoms. The number of fused-ring (bicyclic) bond motifs is 1. The van der Waals surface area contributed by atoms with Gasteiger partial charge in [0.15, 0.2) is 0 Å². The number of carbonyl (C=O) groups excluding carboxylic acids is 2. The van der Waals surface area contributed by atoms with Crippen molar-refractivity contribution in [1.82, 2.24) is 0 Å². The largest absolute Gasteiger partial charge is 0.469 e. The molecule has 0 N–H and O–H groups in total. The van der Waals surface area contributed by atoms with E-state index in [2.05, 4.69) is 0 Å². The molecule has 2 aromatic carbocycles. The highest BCUT2D eigenvalue weighted by Crippen LogP contribution is 2.28. The third-order valence-electron chi connectivity index (χ3n) is 3.70. The number of amides is 1. The molecule has 0 aromatic heterocycles. The van der Waals surface area contributed by atoms with Gasteiger partial charge >= 0.3 is 5.97 Å². The maximum Gasteiger partial charge on any atom is 0.311 e. The summed E-state index contributed by atoms with van der Waals surface area (Å²) in [5, 5.41) is 2.21. The van der Waals surface area contributed by atoms with Gasteiger partial charge in [-0.15, -0.1) is 0 Å². The highest BCUT2D eigenvalue weighted by molar-refractivity contribution is 6.01. The molecule has 3 rings (SSSR count). The maximum absolute atomic E-state index is 12.1. The molecule has 0 radical (unpaired) electrons. The number of carbonyl (C=O) groups is 2. The number of hydrogen-bond acceptors (Lipinski definition) is 3. The third-order valence-corrected chi connectivity index (χ3v) is 3.70. The van der Waals surface area contributed by atoms with E-state index >= 15 is 0 Å². The van der Waals surface area contributed by atoms with Gasteiger partial charge < -0.3 is 9.64 Å². The monoisotopic (exact) mass is 269 g/mol. The summed E-state index contributed by atoms with van der Waals surface area (Å²) in [6, 6.07) is 13.9. The molecule has 1 heterocycles. The van der Waals surface area contributed by atoms with Gasteiger partial charge in [-0.3, -0.25) is 9.59 Å². The maximum atomic E-state index is 12.1. The summed E-state index contributed by atoms with van der Waals surface area (Å²) in [7, 11) is 1.35. The lowest BCUT2D eigenvalue weighted by atomic mass is 10.1. The van der Waals surface area contributed by atoms with Gasteiger partial charge in [-0.25, -0.2) is 0 Å². The van der Waals surface area contributed by atoms with Crippen LogP contribution in [0.25, 0.3) is 10.8 Å².